The largest absolute Gasteiger partial charge is 0.347 e. The lowest BCUT2D eigenvalue weighted by Gasteiger charge is -2.25. The minimum absolute atomic E-state index is 0.980. The average molecular weight is 165 g/mol. The Kier molecular flexibility index (Phi) is 2.39. The summed E-state index contributed by atoms with van der Waals surface area (Å²) in [4.78, 5) is 9.47. The summed E-state index contributed by atoms with van der Waals surface area (Å²) in [5, 5.41) is 4.29. The van der Waals surface area contributed by atoms with E-state index >= 15 is 0 Å². The number of aromatic amines is 1. The molecule has 0 aliphatic carbocycles. The third-order valence-corrected chi connectivity index (χ3v) is 2.10. The number of rotatable bonds is 2. The van der Waals surface area contributed by atoms with E-state index in [1.54, 1.807) is 6.33 Å². The standard InChI is InChI=1S/C8H13N4/c1-3-12(4-2-9-1)6-8-5-10-7-11-8/h5,7H,1-4,6H2,(H,10,11). The summed E-state index contributed by atoms with van der Waals surface area (Å²) in [5.74, 6) is 0. The maximum absolute atomic E-state index is 4.29. The minimum Gasteiger partial charge on any atom is -0.347 e. The lowest BCUT2D eigenvalue weighted by atomic mass is 10.3. The van der Waals surface area contributed by atoms with Crippen LogP contribution in [0.15, 0.2) is 12.5 Å². The lowest BCUT2D eigenvalue weighted by molar-refractivity contribution is 0.228. The van der Waals surface area contributed by atoms with Crippen molar-refractivity contribution in [3.63, 3.8) is 0 Å². The molecule has 1 fully saturated rings. The Balaban J connectivity index is 1.86. The van der Waals surface area contributed by atoms with Crippen LogP contribution >= 0.6 is 0 Å². The number of H-pyrrole nitrogens is 1. The van der Waals surface area contributed by atoms with Crippen molar-refractivity contribution in [1.82, 2.24) is 20.2 Å². The molecule has 4 heteroatoms. The molecular weight excluding hydrogens is 152 g/mol. The van der Waals surface area contributed by atoms with Gasteiger partial charge in [-0.3, -0.25) is 4.90 Å². The Morgan fingerprint density at radius 2 is 2.25 bits per heavy atom. The first-order chi connectivity index (χ1) is 5.95. The Morgan fingerprint density at radius 3 is 2.92 bits per heavy atom. The van der Waals surface area contributed by atoms with Gasteiger partial charge in [-0.25, -0.2) is 10.3 Å². The molecule has 1 saturated heterocycles. The Morgan fingerprint density at radius 1 is 1.42 bits per heavy atom. The van der Waals surface area contributed by atoms with Crippen LogP contribution in [-0.2, 0) is 6.54 Å². The molecular formula is C8H13N4. The van der Waals surface area contributed by atoms with Crippen LogP contribution < -0.4 is 5.32 Å². The number of piperazine rings is 1. The molecule has 1 radical (unpaired) electrons. The summed E-state index contributed by atoms with van der Waals surface area (Å²) in [6, 6.07) is 0. The highest BCUT2D eigenvalue weighted by atomic mass is 15.2. The molecule has 0 atom stereocenters. The van der Waals surface area contributed by atoms with Gasteiger partial charge in [0.05, 0.1) is 6.33 Å². The Bertz CT molecular complexity index is 213. The first-order valence-electron chi connectivity index (χ1n) is 4.28. The van der Waals surface area contributed by atoms with E-state index in [1.807, 2.05) is 6.20 Å². The highest BCUT2D eigenvalue weighted by Gasteiger charge is 2.10. The smallest absolute Gasteiger partial charge is 0.0922 e. The molecule has 0 bridgehead atoms. The fourth-order valence-electron chi connectivity index (χ4n) is 1.42. The second-order valence-electron chi connectivity index (χ2n) is 3.02. The molecule has 65 valence electrons. The topological polar surface area (TPSA) is 46.0 Å². The first kappa shape index (κ1) is 7.76. The van der Waals surface area contributed by atoms with Crippen LogP contribution in [0.1, 0.15) is 5.69 Å². The number of hydrogen-bond donors (Lipinski definition) is 1. The summed E-state index contributed by atoms with van der Waals surface area (Å²) < 4.78 is 0. The zero-order chi connectivity index (χ0) is 8.23. The number of nitrogens with one attached hydrogen (secondary N) is 1. The molecule has 0 aromatic carbocycles. The molecule has 0 spiro atoms. The average Bonchev–Trinajstić information content (AvgIpc) is 2.59. The van der Waals surface area contributed by atoms with Gasteiger partial charge in [0.25, 0.3) is 0 Å². The van der Waals surface area contributed by atoms with Crippen molar-refractivity contribution >= 4 is 0 Å². The Hall–Kier alpha value is -0.870. The van der Waals surface area contributed by atoms with Crippen LogP contribution in [0.3, 0.4) is 0 Å². The van der Waals surface area contributed by atoms with E-state index in [-0.39, 0.29) is 0 Å². The van der Waals surface area contributed by atoms with Crippen molar-refractivity contribution in [3.05, 3.63) is 18.2 Å². The van der Waals surface area contributed by atoms with Gasteiger partial charge in [-0.1, -0.05) is 0 Å². The van der Waals surface area contributed by atoms with Crippen LogP contribution in [0.4, 0.5) is 0 Å². The molecule has 2 rings (SSSR count). The highest BCUT2D eigenvalue weighted by Crippen LogP contribution is 2.00. The second-order valence-corrected chi connectivity index (χ2v) is 3.02. The molecule has 1 aliphatic heterocycles. The van der Waals surface area contributed by atoms with E-state index in [1.165, 1.54) is 5.69 Å². The molecule has 0 saturated carbocycles. The van der Waals surface area contributed by atoms with Crippen LogP contribution in [-0.4, -0.2) is 41.0 Å². The molecule has 0 amide bonds. The minimum atomic E-state index is 0.980. The second kappa shape index (κ2) is 3.69. The third kappa shape index (κ3) is 1.84. The van der Waals surface area contributed by atoms with Gasteiger partial charge < -0.3 is 4.98 Å². The fraction of sp³-hybridized carbons (Fsp3) is 0.625. The van der Waals surface area contributed by atoms with Crippen LogP contribution in [0, 0.1) is 0 Å². The van der Waals surface area contributed by atoms with Gasteiger partial charge in [-0.15, -0.1) is 0 Å². The van der Waals surface area contributed by atoms with E-state index in [4.69, 9.17) is 0 Å². The lowest BCUT2D eigenvalue weighted by Crippen LogP contribution is -2.39. The number of aromatic nitrogens is 2. The van der Waals surface area contributed by atoms with Gasteiger partial charge in [0.2, 0.25) is 0 Å². The van der Waals surface area contributed by atoms with E-state index in [9.17, 15) is 0 Å². The van der Waals surface area contributed by atoms with Crippen molar-refractivity contribution in [2.24, 2.45) is 0 Å². The Labute approximate surface area is 72.0 Å². The van der Waals surface area contributed by atoms with E-state index in [0.29, 0.717) is 0 Å². The number of imidazole rings is 1. The van der Waals surface area contributed by atoms with E-state index in [2.05, 4.69) is 20.2 Å². The van der Waals surface area contributed by atoms with Crippen molar-refractivity contribution in [1.29, 1.82) is 0 Å². The predicted octanol–water partition coefficient (Wildman–Crippen LogP) is -0.170. The molecule has 1 N–H and O–H groups in total. The zero-order valence-electron chi connectivity index (χ0n) is 7.03. The van der Waals surface area contributed by atoms with Crippen molar-refractivity contribution < 1.29 is 0 Å². The summed E-state index contributed by atoms with van der Waals surface area (Å²) in [7, 11) is 0. The third-order valence-electron chi connectivity index (χ3n) is 2.10. The van der Waals surface area contributed by atoms with Gasteiger partial charge in [0.15, 0.2) is 0 Å². The monoisotopic (exact) mass is 165 g/mol. The normalized spacial score (nSPS) is 19.7. The fourth-order valence-corrected chi connectivity index (χ4v) is 1.42. The SMILES string of the molecule is c1ncc(CN2CC[N]CC2)[nH]1. The molecule has 2 heterocycles. The summed E-state index contributed by atoms with van der Waals surface area (Å²) >= 11 is 0. The maximum Gasteiger partial charge on any atom is 0.0922 e. The van der Waals surface area contributed by atoms with E-state index < -0.39 is 0 Å². The highest BCUT2D eigenvalue weighted by molar-refractivity contribution is 4.94. The van der Waals surface area contributed by atoms with Gasteiger partial charge in [-0.05, 0) is 0 Å². The molecule has 1 aromatic heterocycles. The molecule has 1 aromatic rings. The van der Waals surface area contributed by atoms with Crippen molar-refractivity contribution in [2.45, 2.75) is 6.54 Å². The first-order valence-corrected chi connectivity index (χ1v) is 4.28. The van der Waals surface area contributed by atoms with Gasteiger partial charge in [0, 0.05) is 44.6 Å². The van der Waals surface area contributed by atoms with Gasteiger partial charge in [-0.2, -0.15) is 0 Å². The molecule has 0 unspecified atom stereocenters. The maximum atomic E-state index is 4.29. The van der Waals surface area contributed by atoms with Crippen molar-refractivity contribution in [2.75, 3.05) is 26.2 Å². The summed E-state index contributed by atoms with van der Waals surface area (Å²) in [5.41, 5.74) is 1.19. The zero-order valence-corrected chi connectivity index (χ0v) is 7.03. The molecule has 1 aliphatic rings. The van der Waals surface area contributed by atoms with Gasteiger partial charge in [0.1, 0.15) is 0 Å². The van der Waals surface area contributed by atoms with E-state index in [0.717, 1.165) is 32.7 Å². The van der Waals surface area contributed by atoms with Crippen LogP contribution in [0.5, 0.6) is 0 Å². The summed E-state index contributed by atoms with van der Waals surface area (Å²) in [6.07, 6.45) is 3.61. The van der Waals surface area contributed by atoms with Crippen LogP contribution in [0.2, 0.25) is 0 Å². The predicted molar refractivity (Wildman–Crippen MR) is 45.7 cm³/mol. The molecule has 12 heavy (non-hydrogen) atoms. The number of nitrogens with zero attached hydrogens (tertiary/aromatic N) is 3. The van der Waals surface area contributed by atoms with Crippen LogP contribution in [0.25, 0.3) is 0 Å². The van der Waals surface area contributed by atoms with Gasteiger partial charge >= 0.3 is 0 Å². The number of hydrogen-bond acceptors (Lipinski definition) is 2. The van der Waals surface area contributed by atoms with Crippen molar-refractivity contribution in [3.8, 4) is 0 Å². The molecule has 4 nitrogen and oxygen atoms in total. The summed E-state index contributed by atoms with van der Waals surface area (Å²) in [6.45, 7) is 5.11. The quantitative estimate of drug-likeness (QED) is 0.661.